The van der Waals surface area contributed by atoms with Gasteiger partial charge in [-0.25, -0.2) is 4.98 Å². The highest BCUT2D eigenvalue weighted by Crippen LogP contribution is 2.19. The highest BCUT2D eigenvalue weighted by Gasteiger charge is 2.13. The van der Waals surface area contributed by atoms with Crippen LogP contribution in [-0.4, -0.2) is 9.38 Å². The summed E-state index contributed by atoms with van der Waals surface area (Å²) in [7, 11) is 0. The molecular formula is C23H20ClN3O. The highest BCUT2D eigenvalue weighted by molar-refractivity contribution is 6.30. The molecule has 0 radical (unpaired) electrons. The van der Waals surface area contributed by atoms with E-state index in [0.29, 0.717) is 22.9 Å². The zero-order valence-corrected chi connectivity index (χ0v) is 16.0. The first-order chi connectivity index (χ1) is 13.7. The summed E-state index contributed by atoms with van der Waals surface area (Å²) in [4.78, 5) is 17.0. The molecule has 1 N–H and O–H groups in total. The van der Waals surface area contributed by atoms with Crippen LogP contribution >= 0.6 is 11.6 Å². The molecule has 0 aliphatic heterocycles. The maximum Gasteiger partial charge on any atom is 0.258 e. The molecule has 0 amide bonds. The Kier molecular flexibility index (Phi) is 5.51. The van der Waals surface area contributed by atoms with Gasteiger partial charge in [-0.05, 0) is 29.7 Å². The number of hydrogen-bond acceptors (Lipinski definition) is 3. The van der Waals surface area contributed by atoms with Gasteiger partial charge < -0.3 is 5.32 Å². The smallest absolute Gasteiger partial charge is 0.258 e. The minimum absolute atomic E-state index is 0.120. The standard InChI is InChI=1S/C23H20ClN3O/c24-19-11-12-22-26-20(14-23(28)27(22)16-19)15-25-21(18-9-5-2-6-10-18)13-17-7-3-1-4-8-17/h1-12,14,16,21,25H,13,15H2/t21-/m0/s1. The van der Waals surface area contributed by atoms with Gasteiger partial charge >= 0.3 is 0 Å². The predicted molar refractivity (Wildman–Crippen MR) is 113 cm³/mol. The molecule has 0 unspecified atom stereocenters. The van der Waals surface area contributed by atoms with Gasteiger partial charge in [-0.3, -0.25) is 9.20 Å². The fourth-order valence-electron chi connectivity index (χ4n) is 3.29. The van der Waals surface area contributed by atoms with Crippen molar-refractivity contribution >= 4 is 17.2 Å². The normalized spacial score (nSPS) is 12.2. The van der Waals surface area contributed by atoms with Gasteiger partial charge in [-0.15, -0.1) is 0 Å². The van der Waals surface area contributed by atoms with E-state index in [1.54, 1.807) is 24.4 Å². The van der Waals surface area contributed by atoms with Crippen molar-refractivity contribution in [3.8, 4) is 0 Å². The SMILES string of the molecule is O=c1cc(CN[C@@H](Cc2ccccc2)c2ccccc2)nc2ccc(Cl)cn12. The van der Waals surface area contributed by atoms with Crippen molar-refractivity contribution in [2.24, 2.45) is 0 Å². The lowest BCUT2D eigenvalue weighted by atomic mass is 9.99. The summed E-state index contributed by atoms with van der Waals surface area (Å²) in [6, 6.07) is 25.9. The lowest BCUT2D eigenvalue weighted by molar-refractivity contribution is 0.525. The Balaban J connectivity index is 1.58. The number of rotatable bonds is 6. The van der Waals surface area contributed by atoms with Crippen LogP contribution in [0.15, 0.2) is 89.9 Å². The number of fused-ring (bicyclic) bond motifs is 1. The van der Waals surface area contributed by atoms with Crippen LogP contribution in [0.2, 0.25) is 5.02 Å². The van der Waals surface area contributed by atoms with Crippen LogP contribution in [0.1, 0.15) is 22.9 Å². The first-order valence-electron chi connectivity index (χ1n) is 9.19. The second-order valence-electron chi connectivity index (χ2n) is 6.70. The molecule has 140 valence electrons. The molecule has 28 heavy (non-hydrogen) atoms. The lowest BCUT2D eigenvalue weighted by Crippen LogP contribution is -2.25. The van der Waals surface area contributed by atoms with Crippen molar-refractivity contribution in [2.45, 2.75) is 19.0 Å². The van der Waals surface area contributed by atoms with E-state index in [1.165, 1.54) is 15.5 Å². The Morgan fingerprint density at radius 2 is 1.68 bits per heavy atom. The second-order valence-corrected chi connectivity index (χ2v) is 7.13. The number of pyridine rings is 1. The molecule has 4 rings (SSSR count). The largest absolute Gasteiger partial charge is 0.304 e. The average Bonchev–Trinajstić information content (AvgIpc) is 2.73. The van der Waals surface area contributed by atoms with Gasteiger partial charge in [-0.2, -0.15) is 0 Å². The minimum atomic E-state index is -0.136. The van der Waals surface area contributed by atoms with Gasteiger partial charge in [0.1, 0.15) is 5.65 Å². The van der Waals surface area contributed by atoms with Crippen molar-refractivity contribution < 1.29 is 0 Å². The summed E-state index contributed by atoms with van der Waals surface area (Å²) >= 11 is 5.98. The third-order valence-electron chi connectivity index (χ3n) is 4.69. The lowest BCUT2D eigenvalue weighted by Gasteiger charge is -2.19. The van der Waals surface area contributed by atoms with Crippen LogP contribution in [0, 0.1) is 0 Å². The molecule has 1 atom stereocenters. The van der Waals surface area contributed by atoms with Crippen molar-refractivity contribution in [2.75, 3.05) is 0 Å². The van der Waals surface area contributed by atoms with Gasteiger partial charge in [0, 0.05) is 24.8 Å². The number of aromatic nitrogens is 2. The summed E-state index contributed by atoms with van der Waals surface area (Å²) in [6.07, 6.45) is 2.44. The van der Waals surface area contributed by atoms with E-state index < -0.39 is 0 Å². The molecule has 0 saturated carbocycles. The average molecular weight is 390 g/mol. The molecule has 0 spiro atoms. The molecule has 0 aliphatic rings. The minimum Gasteiger partial charge on any atom is -0.304 e. The van der Waals surface area contributed by atoms with Gasteiger partial charge in [0.15, 0.2) is 0 Å². The van der Waals surface area contributed by atoms with Crippen LogP contribution in [0.4, 0.5) is 0 Å². The van der Waals surface area contributed by atoms with Crippen molar-refractivity contribution in [1.82, 2.24) is 14.7 Å². The Bertz CT molecular complexity index is 1130. The third-order valence-corrected chi connectivity index (χ3v) is 4.91. The number of nitrogens with zero attached hydrogens (tertiary/aromatic N) is 2. The topological polar surface area (TPSA) is 46.4 Å². The molecule has 0 bridgehead atoms. The highest BCUT2D eigenvalue weighted by atomic mass is 35.5. The van der Waals surface area contributed by atoms with Gasteiger partial charge in [-0.1, -0.05) is 72.3 Å². The van der Waals surface area contributed by atoms with E-state index in [1.807, 2.05) is 36.4 Å². The number of benzene rings is 2. The first kappa shape index (κ1) is 18.4. The van der Waals surface area contributed by atoms with Crippen LogP contribution < -0.4 is 10.9 Å². The quantitative estimate of drug-likeness (QED) is 0.531. The van der Waals surface area contributed by atoms with Crippen LogP contribution in [0.3, 0.4) is 0 Å². The summed E-state index contributed by atoms with van der Waals surface area (Å²) in [5.74, 6) is 0. The van der Waals surface area contributed by atoms with Crippen LogP contribution in [0.25, 0.3) is 5.65 Å². The molecule has 0 aliphatic carbocycles. The van der Waals surface area contributed by atoms with Gasteiger partial charge in [0.2, 0.25) is 0 Å². The van der Waals surface area contributed by atoms with Gasteiger partial charge in [0.05, 0.1) is 10.7 Å². The zero-order valence-electron chi connectivity index (χ0n) is 15.3. The summed E-state index contributed by atoms with van der Waals surface area (Å²) in [5, 5.41) is 4.08. The Morgan fingerprint density at radius 1 is 0.964 bits per heavy atom. The van der Waals surface area contributed by atoms with Crippen molar-refractivity contribution in [1.29, 1.82) is 0 Å². The number of nitrogens with one attached hydrogen (secondary N) is 1. The number of hydrogen-bond donors (Lipinski definition) is 1. The maximum absolute atomic E-state index is 12.4. The molecule has 2 aromatic carbocycles. The van der Waals surface area contributed by atoms with Crippen LogP contribution in [-0.2, 0) is 13.0 Å². The van der Waals surface area contributed by atoms with E-state index in [-0.39, 0.29) is 11.6 Å². The molecule has 0 saturated heterocycles. The van der Waals surface area contributed by atoms with E-state index in [9.17, 15) is 4.79 Å². The molecule has 0 fully saturated rings. The summed E-state index contributed by atoms with van der Waals surface area (Å²) < 4.78 is 1.46. The molecule has 4 nitrogen and oxygen atoms in total. The Morgan fingerprint density at radius 3 is 2.43 bits per heavy atom. The molecule has 2 heterocycles. The molecule has 4 aromatic rings. The zero-order chi connectivity index (χ0) is 19.3. The number of halogens is 1. The van der Waals surface area contributed by atoms with Gasteiger partial charge in [0.25, 0.3) is 5.56 Å². The summed E-state index contributed by atoms with van der Waals surface area (Å²) in [5.41, 5.74) is 3.62. The van der Waals surface area contributed by atoms with Crippen molar-refractivity contribution in [3.05, 3.63) is 117 Å². The van der Waals surface area contributed by atoms with Crippen LogP contribution in [0.5, 0.6) is 0 Å². The fraction of sp³-hybridized carbons (Fsp3) is 0.130. The van der Waals surface area contributed by atoms with E-state index >= 15 is 0 Å². The van der Waals surface area contributed by atoms with E-state index in [0.717, 1.165) is 6.42 Å². The summed E-state index contributed by atoms with van der Waals surface area (Å²) in [6.45, 7) is 0.501. The predicted octanol–water partition coefficient (Wildman–Crippen LogP) is 4.42. The maximum atomic E-state index is 12.4. The third kappa shape index (κ3) is 4.30. The molecule has 2 aromatic heterocycles. The Hall–Kier alpha value is -2.95. The van der Waals surface area contributed by atoms with E-state index in [2.05, 4.69) is 34.6 Å². The van der Waals surface area contributed by atoms with Crippen molar-refractivity contribution in [3.63, 3.8) is 0 Å². The Labute approximate surface area is 168 Å². The molecule has 5 heteroatoms. The first-order valence-corrected chi connectivity index (χ1v) is 9.57. The monoisotopic (exact) mass is 389 g/mol. The fourth-order valence-corrected chi connectivity index (χ4v) is 3.45. The second kappa shape index (κ2) is 8.38. The molecular weight excluding hydrogens is 370 g/mol. The van der Waals surface area contributed by atoms with E-state index in [4.69, 9.17) is 11.6 Å².